The molecule has 2 aromatic carbocycles. The predicted molar refractivity (Wildman–Crippen MR) is 153 cm³/mol. The summed E-state index contributed by atoms with van der Waals surface area (Å²) < 4.78 is 85.6. The van der Waals surface area contributed by atoms with E-state index in [0.717, 1.165) is 37.4 Å². The first-order valence-corrected chi connectivity index (χ1v) is 14.0. The van der Waals surface area contributed by atoms with E-state index in [1.54, 1.807) is 36.6 Å². The van der Waals surface area contributed by atoms with E-state index in [1.165, 1.54) is 0 Å². The molecule has 1 N–H and O–H groups in total. The Morgan fingerprint density at radius 2 is 1.45 bits per heavy atom. The third-order valence-corrected chi connectivity index (χ3v) is 8.42. The van der Waals surface area contributed by atoms with Crippen LogP contribution in [0.15, 0.2) is 72.6 Å². The Balaban J connectivity index is 0.00000442. The summed E-state index contributed by atoms with van der Waals surface area (Å²) >= 11 is 0. The Bertz CT molecular complexity index is 1360. The molecule has 2 fully saturated rings. The Hall–Kier alpha value is -3.51. The summed E-state index contributed by atoms with van der Waals surface area (Å²) in [7, 11) is 0. The van der Waals surface area contributed by atoms with Crippen LogP contribution in [0.2, 0.25) is 0 Å². The second kappa shape index (κ2) is 13.2. The number of piperazine rings is 1. The molecule has 1 saturated carbocycles. The summed E-state index contributed by atoms with van der Waals surface area (Å²) in [6.07, 6.45) is -2.27. The van der Waals surface area contributed by atoms with E-state index < -0.39 is 46.3 Å². The lowest BCUT2D eigenvalue weighted by molar-refractivity contribution is -0.143. The minimum atomic E-state index is -5.14. The molecule has 0 bridgehead atoms. The zero-order valence-electron chi connectivity index (χ0n) is 23.6. The normalized spacial score (nSPS) is 22.8. The smallest absolute Gasteiger partial charge is 0.416 e. The lowest BCUT2D eigenvalue weighted by Gasteiger charge is -2.46. The van der Waals surface area contributed by atoms with Crippen LogP contribution in [0, 0.1) is 0 Å². The number of allylic oxidation sites excluding steroid dienone is 1. The number of rotatable bonds is 6. The zero-order valence-corrected chi connectivity index (χ0v) is 24.4. The van der Waals surface area contributed by atoms with Gasteiger partial charge in [-0.05, 0) is 61.6 Å². The molecular formula is C31H32ClF6N3O3. The summed E-state index contributed by atoms with van der Waals surface area (Å²) in [5.41, 5.74) is -3.53. The minimum absolute atomic E-state index is 0. The van der Waals surface area contributed by atoms with E-state index in [4.69, 9.17) is 4.74 Å². The number of ether oxygens (including phenoxy) is 1. The van der Waals surface area contributed by atoms with Crippen molar-refractivity contribution in [1.82, 2.24) is 15.1 Å². The summed E-state index contributed by atoms with van der Waals surface area (Å²) in [4.78, 5) is 30.9. The van der Waals surface area contributed by atoms with Crippen molar-refractivity contribution >= 4 is 24.1 Å². The van der Waals surface area contributed by atoms with E-state index in [-0.39, 0.29) is 36.6 Å². The molecule has 0 radical (unpaired) electrons. The summed E-state index contributed by atoms with van der Waals surface area (Å²) in [6, 6.07) is 9.65. The van der Waals surface area contributed by atoms with Crippen LogP contribution < -0.4 is 5.32 Å². The van der Waals surface area contributed by atoms with Crippen molar-refractivity contribution < 1.29 is 40.7 Å². The molecule has 3 aliphatic rings. The Labute approximate surface area is 257 Å². The number of nitrogens with one attached hydrogen (secondary N) is 1. The molecule has 13 heteroatoms. The molecule has 6 nitrogen and oxygen atoms in total. The quantitative estimate of drug-likeness (QED) is 0.227. The number of alkyl halides is 6. The summed E-state index contributed by atoms with van der Waals surface area (Å²) in [6.45, 7) is 3.86. The van der Waals surface area contributed by atoms with E-state index in [9.17, 15) is 35.9 Å². The molecule has 0 atom stereocenters. The molecule has 2 aliphatic heterocycles. The van der Waals surface area contributed by atoms with Crippen LogP contribution in [0.3, 0.4) is 0 Å². The number of Topliss-reactive ketones (excluding diaryl/α,β-unsaturated/α-hetero) is 1. The van der Waals surface area contributed by atoms with Gasteiger partial charge in [-0.1, -0.05) is 30.3 Å². The van der Waals surface area contributed by atoms with E-state index >= 15 is 0 Å². The van der Waals surface area contributed by atoms with Gasteiger partial charge in [0, 0.05) is 37.8 Å². The standard InChI is InChI=1S/C31H31F6N3O3.ClH/c32-30(33,34)23-17-21(18-24(19-23)31(35,36)37)27(41)28(42)38-29(22-5-2-1-3-6-22)10-8-25(9-11-29)39-12-14-40(15-13-39)26-7-4-16-43-20-26;/h1-7,17-20,25H,8-16H2,(H,38,42);1H. The van der Waals surface area contributed by atoms with Crippen molar-refractivity contribution in [3.05, 3.63) is 94.9 Å². The fraction of sp³-hybridized carbons (Fsp3) is 0.419. The third-order valence-electron chi connectivity index (χ3n) is 8.42. The van der Waals surface area contributed by atoms with Gasteiger partial charge in [-0.25, -0.2) is 0 Å². The number of nitrogens with zero attached hydrogens (tertiary/aromatic N) is 2. The van der Waals surface area contributed by atoms with Gasteiger partial charge in [0.15, 0.2) is 0 Å². The van der Waals surface area contributed by atoms with Gasteiger partial charge in [-0.3, -0.25) is 14.5 Å². The highest BCUT2D eigenvalue weighted by Gasteiger charge is 2.42. The first-order valence-electron chi connectivity index (χ1n) is 14.0. The lowest BCUT2D eigenvalue weighted by atomic mass is 9.74. The van der Waals surface area contributed by atoms with Crippen LogP contribution in [0.25, 0.3) is 0 Å². The van der Waals surface area contributed by atoms with Gasteiger partial charge in [0.1, 0.15) is 12.9 Å². The van der Waals surface area contributed by atoms with Crippen LogP contribution in [0.5, 0.6) is 0 Å². The average molecular weight is 644 g/mol. The second-order valence-corrected chi connectivity index (χ2v) is 11.1. The van der Waals surface area contributed by atoms with Gasteiger partial charge in [0.2, 0.25) is 5.78 Å². The Kier molecular flexibility index (Phi) is 10.0. The number of hydrogen-bond donors (Lipinski definition) is 1. The van der Waals surface area contributed by atoms with E-state index in [0.29, 0.717) is 32.3 Å². The number of carbonyl (C=O) groups excluding carboxylic acids is 2. The number of hydrogen-bond acceptors (Lipinski definition) is 5. The highest BCUT2D eigenvalue weighted by molar-refractivity contribution is 6.43. The number of ketones is 1. The molecule has 2 heterocycles. The van der Waals surface area contributed by atoms with Crippen LogP contribution in [-0.4, -0.2) is 60.3 Å². The van der Waals surface area contributed by atoms with Crippen molar-refractivity contribution in [2.24, 2.45) is 0 Å². The van der Waals surface area contributed by atoms with Gasteiger partial charge < -0.3 is 15.0 Å². The van der Waals surface area contributed by atoms with Gasteiger partial charge in [-0.15, -0.1) is 12.4 Å². The van der Waals surface area contributed by atoms with Gasteiger partial charge in [0.25, 0.3) is 5.91 Å². The average Bonchev–Trinajstić information content (AvgIpc) is 3.01. The maximum absolute atomic E-state index is 13.4. The highest BCUT2D eigenvalue weighted by atomic mass is 35.5. The molecule has 44 heavy (non-hydrogen) atoms. The maximum atomic E-state index is 13.4. The van der Waals surface area contributed by atoms with Gasteiger partial charge >= 0.3 is 12.4 Å². The number of benzene rings is 2. The van der Waals surface area contributed by atoms with Crippen molar-refractivity contribution in [2.45, 2.75) is 49.6 Å². The fourth-order valence-electron chi connectivity index (χ4n) is 6.12. The van der Waals surface area contributed by atoms with Crippen molar-refractivity contribution in [3.8, 4) is 0 Å². The second-order valence-electron chi connectivity index (χ2n) is 11.1. The summed E-state index contributed by atoms with van der Waals surface area (Å²) in [5, 5.41) is 2.73. The monoisotopic (exact) mass is 643 g/mol. The van der Waals surface area contributed by atoms with Crippen molar-refractivity contribution in [2.75, 3.05) is 32.8 Å². The Morgan fingerprint density at radius 3 is 1.98 bits per heavy atom. The van der Waals surface area contributed by atoms with Crippen LogP contribution in [0.4, 0.5) is 26.3 Å². The first-order chi connectivity index (χ1) is 20.4. The summed E-state index contributed by atoms with van der Waals surface area (Å²) in [5.74, 6) is -2.71. The molecular weight excluding hydrogens is 612 g/mol. The van der Waals surface area contributed by atoms with Crippen molar-refractivity contribution in [1.29, 1.82) is 0 Å². The maximum Gasteiger partial charge on any atom is 0.416 e. The topological polar surface area (TPSA) is 61.9 Å². The minimum Gasteiger partial charge on any atom is -0.495 e. The van der Waals surface area contributed by atoms with Crippen LogP contribution >= 0.6 is 12.4 Å². The highest BCUT2D eigenvalue weighted by Crippen LogP contribution is 2.40. The molecule has 0 unspecified atom stereocenters. The van der Waals surface area contributed by atoms with E-state index in [1.807, 2.05) is 12.2 Å². The molecule has 1 saturated heterocycles. The SMILES string of the molecule is Cl.O=C(NC1(c2ccccc2)CCC(N2CCN(C3=COCC=C3)CC2)CC1)C(=O)c1cc(C(F)(F)F)cc(C(F)(F)F)c1. The molecule has 5 rings (SSSR count). The van der Waals surface area contributed by atoms with Crippen LogP contribution in [-0.2, 0) is 27.4 Å². The fourth-order valence-corrected chi connectivity index (χ4v) is 6.12. The van der Waals surface area contributed by atoms with Crippen LogP contribution in [0.1, 0.15) is 52.7 Å². The molecule has 0 aromatic heterocycles. The lowest BCUT2D eigenvalue weighted by Crippen LogP contribution is -2.55. The number of amides is 1. The molecule has 1 aliphatic carbocycles. The molecule has 0 spiro atoms. The van der Waals surface area contributed by atoms with Crippen molar-refractivity contribution in [3.63, 3.8) is 0 Å². The largest absolute Gasteiger partial charge is 0.495 e. The van der Waals surface area contributed by atoms with Gasteiger partial charge in [0.05, 0.1) is 22.4 Å². The first kappa shape index (κ1) is 33.4. The molecule has 1 amide bonds. The predicted octanol–water partition coefficient (Wildman–Crippen LogP) is 6.33. The molecule has 2 aromatic rings. The molecule has 238 valence electrons. The number of halogens is 7. The van der Waals surface area contributed by atoms with E-state index in [2.05, 4.69) is 15.1 Å². The van der Waals surface area contributed by atoms with Gasteiger partial charge in [-0.2, -0.15) is 26.3 Å². The third kappa shape index (κ3) is 7.40. The zero-order chi connectivity index (χ0) is 30.8. The Morgan fingerprint density at radius 1 is 0.864 bits per heavy atom. The number of carbonyl (C=O) groups is 2.